The molecule has 7 heteroatoms. The number of benzene rings is 1. The Hall–Kier alpha value is -3.48. The van der Waals surface area contributed by atoms with E-state index < -0.39 is 0 Å². The summed E-state index contributed by atoms with van der Waals surface area (Å²) in [6.07, 6.45) is 5.31. The third-order valence-electron chi connectivity index (χ3n) is 4.50. The summed E-state index contributed by atoms with van der Waals surface area (Å²) in [4.78, 5) is 21.0. The fourth-order valence-electron chi connectivity index (χ4n) is 3.41. The highest BCUT2D eigenvalue weighted by molar-refractivity contribution is 5.95. The number of rotatable bonds is 5. The van der Waals surface area contributed by atoms with Gasteiger partial charge in [-0.25, -0.2) is 9.97 Å². The number of amides is 1. The maximum Gasteiger partial charge on any atom is 0.252 e. The van der Waals surface area contributed by atoms with Gasteiger partial charge >= 0.3 is 0 Å². The first-order chi connectivity index (χ1) is 13.2. The first kappa shape index (κ1) is 17.0. The lowest BCUT2D eigenvalue weighted by Crippen LogP contribution is -2.25. The molecule has 0 spiro atoms. The molecule has 3 aromatic rings. The first-order valence-corrected chi connectivity index (χ1v) is 8.68. The van der Waals surface area contributed by atoms with E-state index in [0.29, 0.717) is 24.8 Å². The Bertz CT molecular complexity index is 997. The predicted molar refractivity (Wildman–Crippen MR) is 101 cm³/mol. The predicted octanol–water partition coefficient (Wildman–Crippen LogP) is 3.01. The van der Waals surface area contributed by atoms with Crippen molar-refractivity contribution in [2.24, 2.45) is 0 Å². The lowest BCUT2D eigenvalue weighted by molar-refractivity contribution is -0.116. The van der Waals surface area contributed by atoms with Crippen LogP contribution in [0.3, 0.4) is 0 Å². The average molecular weight is 361 g/mol. The van der Waals surface area contributed by atoms with Gasteiger partial charge in [0.05, 0.1) is 5.69 Å². The zero-order chi connectivity index (χ0) is 18.8. The molecule has 1 unspecified atom stereocenters. The Balaban J connectivity index is 1.85. The molecule has 136 valence electrons. The van der Waals surface area contributed by atoms with Gasteiger partial charge in [-0.05, 0) is 19.1 Å². The number of aryl methyl sites for hydroxylation is 1. The van der Waals surface area contributed by atoms with E-state index in [2.05, 4.69) is 27.0 Å². The van der Waals surface area contributed by atoms with Gasteiger partial charge < -0.3 is 10.1 Å². The molecule has 7 nitrogen and oxygen atoms in total. The number of fused-ring (bicyclic) bond motifs is 1. The lowest BCUT2D eigenvalue weighted by atomic mass is 9.85. The smallest absolute Gasteiger partial charge is 0.252 e. The van der Waals surface area contributed by atoms with Crippen LogP contribution >= 0.6 is 0 Å². The van der Waals surface area contributed by atoms with E-state index in [1.807, 2.05) is 31.2 Å². The summed E-state index contributed by atoms with van der Waals surface area (Å²) >= 11 is 0. The first-order valence-electron chi connectivity index (χ1n) is 8.68. The Morgan fingerprint density at radius 1 is 1.30 bits per heavy atom. The van der Waals surface area contributed by atoms with Crippen LogP contribution in [0.1, 0.15) is 29.2 Å². The van der Waals surface area contributed by atoms with E-state index in [4.69, 9.17) is 4.74 Å². The second kappa shape index (κ2) is 7.03. The fraction of sp³-hybridized carbons (Fsp3) is 0.200. The minimum Gasteiger partial charge on any atom is -0.489 e. The van der Waals surface area contributed by atoms with Crippen molar-refractivity contribution in [2.75, 3.05) is 11.9 Å². The van der Waals surface area contributed by atoms with E-state index in [9.17, 15) is 4.79 Å². The quantitative estimate of drug-likeness (QED) is 0.707. The van der Waals surface area contributed by atoms with Crippen molar-refractivity contribution in [3.05, 3.63) is 72.2 Å². The second-order valence-corrected chi connectivity index (χ2v) is 6.25. The van der Waals surface area contributed by atoms with Crippen molar-refractivity contribution in [2.45, 2.75) is 19.3 Å². The number of hydrogen-bond acceptors (Lipinski definition) is 5. The van der Waals surface area contributed by atoms with Crippen molar-refractivity contribution in [3.63, 3.8) is 0 Å². The summed E-state index contributed by atoms with van der Waals surface area (Å²) in [5.41, 5.74) is 2.73. The number of hydrogen-bond donors (Lipinski definition) is 1. The molecule has 1 aliphatic heterocycles. The maximum atomic E-state index is 12.5. The summed E-state index contributed by atoms with van der Waals surface area (Å²) in [6.45, 7) is 6.03. The summed E-state index contributed by atoms with van der Waals surface area (Å²) in [6, 6.07) is 9.50. The number of aromatic nitrogens is 4. The van der Waals surface area contributed by atoms with E-state index in [1.54, 1.807) is 29.2 Å². The zero-order valence-corrected chi connectivity index (χ0v) is 14.9. The number of carbonyl (C=O) groups excluding carboxylic acids is 1. The van der Waals surface area contributed by atoms with Crippen LogP contribution in [-0.2, 0) is 4.79 Å². The highest BCUT2D eigenvalue weighted by atomic mass is 16.5. The maximum absolute atomic E-state index is 12.5. The van der Waals surface area contributed by atoms with Gasteiger partial charge in [0.15, 0.2) is 0 Å². The molecular weight excluding hydrogens is 342 g/mol. The standard InChI is InChI=1S/C20H19N5O2/c1-3-11-27-16-8-5-4-7-14(16)15-12-17(26)23-19-18(15)13(2)24-25(19)20-21-9-6-10-22-20/h3-10,15H,1,11-12H2,2H3,(H,23,26). The molecule has 0 aliphatic carbocycles. The van der Waals surface area contributed by atoms with E-state index >= 15 is 0 Å². The fourth-order valence-corrected chi connectivity index (χ4v) is 3.41. The van der Waals surface area contributed by atoms with Crippen LogP contribution in [0, 0.1) is 6.92 Å². The van der Waals surface area contributed by atoms with Crippen molar-refractivity contribution < 1.29 is 9.53 Å². The molecule has 27 heavy (non-hydrogen) atoms. The second-order valence-electron chi connectivity index (χ2n) is 6.25. The highest BCUT2D eigenvalue weighted by Crippen LogP contribution is 2.42. The highest BCUT2D eigenvalue weighted by Gasteiger charge is 2.34. The van der Waals surface area contributed by atoms with Gasteiger partial charge in [0, 0.05) is 35.9 Å². The van der Waals surface area contributed by atoms with Crippen LogP contribution in [0.4, 0.5) is 5.82 Å². The van der Waals surface area contributed by atoms with Crippen LogP contribution in [-0.4, -0.2) is 32.3 Å². The minimum absolute atomic E-state index is 0.0805. The number of ether oxygens (including phenoxy) is 1. The van der Waals surface area contributed by atoms with E-state index in [-0.39, 0.29) is 11.8 Å². The third kappa shape index (κ3) is 3.08. The molecule has 1 aromatic carbocycles. The van der Waals surface area contributed by atoms with E-state index in [0.717, 1.165) is 22.6 Å². The number of carbonyl (C=O) groups is 1. The summed E-state index contributed by atoms with van der Waals surface area (Å²) < 4.78 is 7.40. The van der Waals surface area contributed by atoms with Crippen LogP contribution in [0.5, 0.6) is 5.75 Å². The molecule has 0 saturated heterocycles. The molecule has 3 heterocycles. The van der Waals surface area contributed by atoms with Crippen molar-refractivity contribution in [3.8, 4) is 11.7 Å². The Labute approximate surface area is 156 Å². The molecule has 1 aliphatic rings. The zero-order valence-electron chi connectivity index (χ0n) is 14.9. The molecule has 0 radical (unpaired) electrons. The van der Waals surface area contributed by atoms with Crippen molar-refractivity contribution in [1.82, 2.24) is 19.7 Å². The Kier molecular flexibility index (Phi) is 4.42. The molecule has 4 rings (SSSR count). The van der Waals surface area contributed by atoms with Crippen LogP contribution in [0.25, 0.3) is 5.95 Å². The third-order valence-corrected chi connectivity index (χ3v) is 4.50. The molecular formula is C20H19N5O2. The van der Waals surface area contributed by atoms with Crippen molar-refractivity contribution in [1.29, 1.82) is 0 Å². The Morgan fingerprint density at radius 2 is 2.07 bits per heavy atom. The Morgan fingerprint density at radius 3 is 2.85 bits per heavy atom. The van der Waals surface area contributed by atoms with Gasteiger partial charge in [-0.1, -0.05) is 30.9 Å². The summed E-state index contributed by atoms with van der Waals surface area (Å²) in [7, 11) is 0. The average Bonchev–Trinajstić information content (AvgIpc) is 3.03. The molecule has 2 aromatic heterocycles. The van der Waals surface area contributed by atoms with Gasteiger partial charge in [0.2, 0.25) is 5.91 Å². The van der Waals surface area contributed by atoms with E-state index in [1.165, 1.54) is 0 Å². The number of nitrogens with one attached hydrogen (secondary N) is 1. The minimum atomic E-state index is -0.160. The largest absolute Gasteiger partial charge is 0.489 e. The number of para-hydroxylation sites is 1. The van der Waals surface area contributed by atoms with Gasteiger partial charge in [0.25, 0.3) is 5.95 Å². The van der Waals surface area contributed by atoms with Gasteiger partial charge in [-0.15, -0.1) is 0 Å². The van der Waals surface area contributed by atoms with Crippen LogP contribution < -0.4 is 10.1 Å². The molecule has 1 N–H and O–H groups in total. The van der Waals surface area contributed by atoms with Gasteiger partial charge in [-0.3, -0.25) is 4.79 Å². The van der Waals surface area contributed by atoms with Gasteiger partial charge in [0.1, 0.15) is 18.2 Å². The normalized spacial score (nSPS) is 15.7. The lowest BCUT2D eigenvalue weighted by Gasteiger charge is -2.25. The topological polar surface area (TPSA) is 81.9 Å². The van der Waals surface area contributed by atoms with Crippen molar-refractivity contribution >= 4 is 11.7 Å². The molecule has 1 atom stereocenters. The van der Waals surface area contributed by atoms with Gasteiger partial charge in [-0.2, -0.15) is 9.78 Å². The summed E-state index contributed by atoms with van der Waals surface area (Å²) in [5, 5.41) is 7.52. The molecule has 0 bridgehead atoms. The molecule has 0 fully saturated rings. The number of nitrogens with zero attached hydrogens (tertiary/aromatic N) is 4. The SMILES string of the molecule is C=CCOc1ccccc1C1CC(=O)Nc2c1c(C)nn2-c1ncccn1. The summed E-state index contributed by atoms with van der Waals surface area (Å²) in [5.74, 6) is 1.53. The monoisotopic (exact) mass is 361 g/mol. The van der Waals surface area contributed by atoms with Crippen LogP contribution in [0.2, 0.25) is 0 Å². The molecule has 1 amide bonds. The van der Waals surface area contributed by atoms with Crippen LogP contribution in [0.15, 0.2) is 55.4 Å². The number of anilines is 1. The molecule has 0 saturated carbocycles.